The van der Waals surface area contributed by atoms with Crippen molar-refractivity contribution < 1.29 is 17.6 Å². The summed E-state index contributed by atoms with van der Waals surface area (Å²) in [6.45, 7) is 0. The number of aryl methyl sites for hydroxylation is 1. The molecule has 1 heterocycles. The summed E-state index contributed by atoms with van der Waals surface area (Å²) < 4.78 is 28.0. The van der Waals surface area contributed by atoms with Gasteiger partial charge in [0.25, 0.3) is 0 Å². The number of carbonyl (C=O) groups is 1. The minimum atomic E-state index is -3.28. The van der Waals surface area contributed by atoms with Crippen molar-refractivity contribution in [2.75, 3.05) is 11.6 Å². The zero-order valence-corrected chi connectivity index (χ0v) is 11.8. The Balaban J connectivity index is 1.97. The summed E-state index contributed by atoms with van der Waals surface area (Å²) in [5, 5.41) is 2.67. The van der Waals surface area contributed by atoms with Gasteiger partial charge in [-0.25, -0.2) is 8.42 Å². The highest BCUT2D eigenvalue weighted by molar-refractivity contribution is 7.90. The zero-order chi connectivity index (χ0) is 14.6. The average molecular weight is 293 g/mol. The van der Waals surface area contributed by atoms with Crippen LogP contribution in [0.15, 0.2) is 52.0 Å². The Labute approximate surface area is 117 Å². The SMILES string of the molecule is CS(=O)(=O)c1cccc(NC(=O)CCc2ccco2)c1. The van der Waals surface area contributed by atoms with E-state index < -0.39 is 9.84 Å². The number of hydrogen-bond acceptors (Lipinski definition) is 4. The van der Waals surface area contributed by atoms with Crippen LogP contribution >= 0.6 is 0 Å². The Morgan fingerprint density at radius 3 is 2.70 bits per heavy atom. The van der Waals surface area contributed by atoms with Gasteiger partial charge in [0, 0.05) is 24.8 Å². The van der Waals surface area contributed by atoms with Gasteiger partial charge in [0.1, 0.15) is 5.76 Å². The Morgan fingerprint density at radius 2 is 2.05 bits per heavy atom. The molecule has 1 N–H and O–H groups in total. The summed E-state index contributed by atoms with van der Waals surface area (Å²) in [5.74, 6) is 0.553. The van der Waals surface area contributed by atoms with Crippen molar-refractivity contribution in [3.63, 3.8) is 0 Å². The van der Waals surface area contributed by atoms with Crippen molar-refractivity contribution in [1.82, 2.24) is 0 Å². The van der Waals surface area contributed by atoms with Gasteiger partial charge >= 0.3 is 0 Å². The second-order valence-corrected chi connectivity index (χ2v) is 6.44. The lowest BCUT2D eigenvalue weighted by Crippen LogP contribution is -2.12. The lowest BCUT2D eigenvalue weighted by atomic mass is 10.2. The number of carbonyl (C=O) groups excluding carboxylic acids is 1. The number of furan rings is 1. The minimum Gasteiger partial charge on any atom is -0.469 e. The maximum absolute atomic E-state index is 11.8. The van der Waals surface area contributed by atoms with E-state index in [0.29, 0.717) is 12.1 Å². The normalized spacial score (nSPS) is 11.2. The summed E-state index contributed by atoms with van der Waals surface area (Å²) in [6.07, 6.45) is 3.47. The summed E-state index contributed by atoms with van der Waals surface area (Å²) in [5.41, 5.74) is 0.470. The van der Waals surface area contributed by atoms with Gasteiger partial charge in [0.15, 0.2) is 9.84 Å². The van der Waals surface area contributed by atoms with Gasteiger partial charge in [-0.05, 0) is 30.3 Å². The molecule has 0 saturated carbocycles. The van der Waals surface area contributed by atoms with Crippen molar-refractivity contribution >= 4 is 21.4 Å². The van der Waals surface area contributed by atoms with Crippen molar-refractivity contribution in [2.24, 2.45) is 0 Å². The number of hydrogen-bond donors (Lipinski definition) is 1. The molecule has 1 aromatic carbocycles. The molecule has 0 fully saturated rings. The largest absolute Gasteiger partial charge is 0.469 e. The molecule has 6 heteroatoms. The Kier molecular flexibility index (Phi) is 4.24. The quantitative estimate of drug-likeness (QED) is 0.917. The van der Waals surface area contributed by atoms with Crippen LogP contribution in [-0.4, -0.2) is 20.6 Å². The molecule has 0 aliphatic carbocycles. The molecule has 0 bridgehead atoms. The first kappa shape index (κ1) is 14.3. The molecule has 106 valence electrons. The molecule has 0 saturated heterocycles. The molecule has 1 amide bonds. The first-order valence-electron chi connectivity index (χ1n) is 6.07. The monoisotopic (exact) mass is 293 g/mol. The lowest BCUT2D eigenvalue weighted by Gasteiger charge is -2.06. The van der Waals surface area contributed by atoms with Crippen molar-refractivity contribution in [1.29, 1.82) is 0 Å². The van der Waals surface area contributed by atoms with Crippen LogP contribution in [0.1, 0.15) is 12.2 Å². The highest BCUT2D eigenvalue weighted by atomic mass is 32.2. The van der Waals surface area contributed by atoms with Gasteiger partial charge in [-0.1, -0.05) is 6.07 Å². The Hall–Kier alpha value is -2.08. The van der Waals surface area contributed by atoms with Gasteiger partial charge in [0.05, 0.1) is 11.2 Å². The van der Waals surface area contributed by atoms with E-state index in [1.807, 2.05) is 0 Å². The molecular formula is C14H15NO4S. The molecule has 1 aromatic heterocycles. The van der Waals surface area contributed by atoms with Gasteiger partial charge in [-0.3, -0.25) is 4.79 Å². The van der Waals surface area contributed by atoms with Crippen molar-refractivity contribution in [2.45, 2.75) is 17.7 Å². The van der Waals surface area contributed by atoms with Crippen LogP contribution in [0.25, 0.3) is 0 Å². The first-order valence-corrected chi connectivity index (χ1v) is 7.96. The van der Waals surface area contributed by atoms with E-state index >= 15 is 0 Å². The Bertz CT molecular complexity index is 690. The van der Waals surface area contributed by atoms with E-state index in [2.05, 4.69) is 5.32 Å². The summed E-state index contributed by atoms with van der Waals surface area (Å²) in [7, 11) is -3.28. The van der Waals surface area contributed by atoms with Gasteiger partial charge in [-0.15, -0.1) is 0 Å². The maximum atomic E-state index is 11.8. The third-order valence-corrected chi connectivity index (χ3v) is 3.83. The fourth-order valence-corrected chi connectivity index (χ4v) is 2.39. The fraction of sp³-hybridized carbons (Fsp3) is 0.214. The highest BCUT2D eigenvalue weighted by Gasteiger charge is 2.09. The molecule has 0 unspecified atom stereocenters. The first-order chi connectivity index (χ1) is 9.45. The number of rotatable bonds is 5. The topological polar surface area (TPSA) is 76.4 Å². The van der Waals surface area contributed by atoms with Crippen LogP contribution < -0.4 is 5.32 Å². The highest BCUT2D eigenvalue weighted by Crippen LogP contribution is 2.15. The molecule has 0 atom stereocenters. The van der Waals surface area contributed by atoms with Crippen LogP contribution in [0.5, 0.6) is 0 Å². The number of anilines is 1. The van der Waals surface area contributed by atoms with E-state index in [9.17, 15) is 13.2 Å². The van der Waals surface area contributed by atoms with E-state index in [1.165, 1.54) is 12.1 Å². The van der Waals surface area contributed by atoms with Crippen LogP contribution in [0.4, 0.5) is 5.69 Å². The molecular weight excluding hydrogens is 278 g/mol. The van der Waals surface area contributed by atoms with E-state index in [0.717, 1.165) is 12.0 Å². The Morgan fingerprint density at radius 1 is 1.25 bits per heavy atom. The second kappa shape index (κ2) is 5.92. The van der Waals surface area contributed by atoms with Crippen LogP contribution in [0.3, 0.4) is 0 Å². The molecule has 0 aliphatic rings. The number of sulfone groups is 1. The molecule has 20 heavy (non-hydrogen) atoms. The number of amides is 1. The number of benzene rings is 1. The van der Waals surface area contributed by atoms with Gasteiger partial charge in [-0.2, -0.15) is 0 Å². The van der Waals surface area contributed by atoms with Crippen LogP contribution in [0, 0.1) is 0 Å². The summed E-state index contributed by atoms with van der Waals surface area (Å²) in [6, 6.07) is 9.76. The van der Waals surface area contributed by atoms with Crippen molar-refractivity contribution in [3.8, 4) is 0 Å². The minimum absolute atomic E-state index is 0.182. The molecule has 2 aromatic rings. The lowest BCUT2D eigenvalue weighted by molar-refractivity contribution is -0.116. The van der Waals surface area contributed by atoms with Crippen LogP contribution in [-0.2, 0) is 21.1 Å². The van der Waals surface area contributed by atoms with Gasteiger partial charge < -0.3 is 9.73 Å². The third-order valence-electron chi connectivity index (χ3n) is 2.72. The molecule has 0 aliphatic heterocycles. The van der Waals surface area contributed by atoms with E-state index in [4.69, 9.17) is 4.42 Å². The number of nitrogens with one attached hydrogen (secondary N) is 1. The predicted molar refractivity (Wildman–Crippen MR) is 75.2 cm³/mol. The summed E-state index contributed by atoms with van der Waals surface area (Å²) in [4.78, 5) is 11.9. The second-order valence-electron chi connectivity index (χ2n) is 4.43. The van der Waals surface area contributed by atoms with Crippen LogP contribution in [0.2, 0.25) is 0 Å². The fourth-order valence-electron chi connectivity index (χ4n) is 1.72. The average Bonchev–Trinajstić information content (AvgIpc) is 2.89. The predicted octanol–water partition coefficient (Wildman–Crippen LogP) is 2.25. The van der Waals surface area contributed by atoms with E-state index in [1.54, 1.807) is 30.5 Å². The maximum Gasteiger partial charge on any atom is 0.224 e. The zero-order valence-electron chi connectivity index (χ0n) is 11.0. The standard InChI is InChI=1S/C14H15NO4S/c1-20(17,18)13-6-2-4-11(10-13)15-14(16)8-7-12-5-3-9-19-12/h2-6,9-10H,7-8H2,1H3,(H,15,16). The molecule has 5 nitrogen and oxygen atoms in total. The van der Waals surface area contributed by atoms with Gasteiger partial charge in [0.2, 0.25) is 5.91 Å². The van der Waals surface area contributed by atoms with E-state index in [-0.39, 0.29) is 17.2 Å². The molecule has 0 spiro atoms. The van der Waals surface area contributed by atoms with Crippen molar-refractivity contribution in [3.05, 3.63) is 48.4 Å². The summed E-state index contributed by atoms with van der Waals surface area (Å²) >= 11 is 0. The third kappa shape index (κ3) is 3.96. The smallest absolute Gasteiger partial charge is 0.224 e. The molecule has 2 rings (SSSR count). The molecule has 0 radical (unpaired) electrons.